The number of carbonyl (C=O) groups excluding carboxylic acids is 1. The van der Waals surface area contributed by atoms with Gasteiger partial charge >= 0.3 is 0 Å². The number of rotatable bonds is 5. The van der Waals surface area contributed by atoms with Crippen molar-refractivity contribution >= 4 is 17.7 Å². The van der Waals surface area contributed by atoms with E-state index in [-0.39, 0.29) is 23.4 Å². The van der Waals surface area contributed by atoms with E-state index in [1.807, 2.05) is 39.0 Å². The molecule has 3 rings (SSSR count). The number of hydrogen-bond donors (Lipinski definition) is 1. The van der Waals surface area contributed by atoms with Crippen LogP contribution in [0.1, 0.15) is 43.0 Å². The molecule has 1 aliphatic rings. The second-order valence-electron chi connectivity index (χ2n) is 7.31. The second-order valence-corrected chi connectivity index (χ2v) is 8.30. The number of fused-ring (bicyclic) bond motifs is 1. The molecule has 0 spiro atoms. The Hall–Kier alpha value is -2.01. The summed E-state index contributed by atoms with van der Waals surface area (Å²) in [7, 11) is 0. The van der Waals surface area contributed by atoms with Gasteiger partial charge in [-0.3, -0.25) is 4.79 Å². The number of nitrogens with one attached hydrogen (secondary N) is 1. The van der Waals surface area contributed by atoms with Gasteiger partial charge in [0.15, 0.2) is 0 Å². The number of halogens is 1. The zero-order chi connectivity index (χ0) is 18.7. The number of carbonyl (C=O) groups is 1. The minimum atomic E-state index is -0.333. The van der Waals surface area contributed by atoms with Crippen LogP contribution < -0.4 is 10.1 Å². The number of hydrogen-bond acceptors (Lipinski definition) is 3. The van der Waals surface area contributed by atoms with E-state index in [9.17, 15) is 9.18 Å². The summed E-state index contributed by atoms with van der Waals surface area (Å²) < 4.78 is 19.7. The molecule has 2 aromatic carbocycles. The highest BCUT2D eigenvalue weighted by atomic mass is 32.2. The first-order chi connectivity index (χ1) is 12.3. The van der Waals surface area contributed by atoms with Crippen molar-refractivity contribution in [2.75, 3.05) is 5.75 Å². The maximum atomic E-state index is 13.6. The van der Waals surface area contributed by atoms with E-state index in [0.29, 0.717) is 23.5 Å². The van der Waals surface area contributed by atoms with Crippen molar-refractivity contribution < 1.29 is 13.9 Å². The third kappa shape index (κ3) is 4.58. The van der Waals surface area contributed by atoms with Crippen molar-refractivity contribution in [2.45, 2.75) is 44.6 Å². The molecule has 0 saturated carbocycles. The first-order valence-corrected chi connectivity index (χ1v) is 9.90. The zero-order valence-corrected chi connectivity index (χ0v) is 16.2. The lowest BCUT2D eigenvalue weighted by molar-refractivity contribution is -0.119. The first kappa shape index (κ1) is 18.8. The number of thioether (sulfide) groups is 1. The van der Waals surface area contributed by atoms with Crippen LogP contribution >= 0.6 is 11.8 Å². The summed E-state index contributed by atoms with van der Waals surface area (Å²) in [5.74, 6) is 1.34. The van der Waals surface area contributed by atoms with Gasteiger partial charge in [-0.1, -0.05) is 35.9 Å². The molecule has 1 atom stereocenters. The van der Waals surface area contributed by atoms with Crippen LogP contribution in [0.15, 0.2) is 42.5 Å². The highest BCUT2D eigenvalue weighted by Gasteiger charge is 2.34. The zero-order valence-electron chi connectivity index (χ0n) is 15.3. The van der Waals surface area contributed by atoms with Gasteiger partial charge in [0, 0.05) is 17.7 Å². The highest BCUT2D eigenvalue weighted by Crippen LogP contribution is 2.39. The molecule has 1 unspecified atom stereocenters. The van der Waals surface area contributed by atoms with Gasteiger partial charge in [0.1, 0.15) is 17.2 Å². The average Bonchev–Trinajstić information content (AvgIpc) is 2.56. The van der Waals surface area contributed by atoms with Gasteiger partial charge < -0.3 is 10.1 Å². The summed E-state index contributed by atoms with van der Waals surface area (Å²) in [5, 5.41) is 3.13. The minimum absolute atomic E-state index is 0.0403. The van der Waals surface area contributed by atoms with Crippen molar-refractivity contribution in [1.82, 2.24) is 5.32 Å². The fourth-order valence-electron chi connectivity index (χ4n) is 3.21. The van der Waals surface area contributed by atoms with E-state index in [1.165, 1.54) is 17.8 Å². The Morgan fingerprint density at radius 2 is 2.08 bits per heavy atom. The van der Waals surface area contributed by atoms with Gasteiger partial charge in [-0.05, 0) is 38.5 Å². The summed E-state index contributed by atoms with van der Waals surface area (Å²) in [6.07, 6.45) is 0.715. The van der Waals surface area contributed by atoms with Gasteiger partial charge in [0.25, 0.3) is 0 Å². The SMILES string of the molecule is Cc1ccc2c(c1)C(NC(=O)CSCc1ccccc1F)CC(C)(C)O2. The molecule has 5 heteroatoms. The number of benzene rings is 2. The van der Waals surface area contributed by atoms with Crippen LogP contribution in [0, 0.1) is 12.7 Å². The van der Waals surface area contributed by atoms with Crippen molar-refractivity contribution in [2.24, 2.45) is 0 Å². The molecule has 0 aromatic heterocycles. The lowest BCUT2D eigenvalue weighted by Crippen LogP contribution is -2.41. The monoisotopic (exact) mass is 373 g/mol. The average molecular weight is 373 g/mol. The van der Waals surface area contributed by atoms with Crippen LogP contribution in [0.3, 0.4) is 0 Å². The molecule has 0 bridgehead atoms. The number of amides is 1. The van der Waals surface area contributed by atoms with Crippen molar-refractivity contribution in [3.05, 3.63) is 65.0 Å². The van der Waals surface area contributed by atoms with Crippen molar-refractivity contribution in [3.8, 4) is 5.75 Å². The molecule has 26 heavy (non-hydrogen) atoms. The van der Waals surface area contributed by atoms with Crippen LogP contribution in [0.4, 0.5) is 4.39 Å². The normalized spacial score (nSPS) is 17.9. The molecule has 0 saturated heterocycles. The molecule has 0 fully saturated rings. The smallest absolute Gasteiger partial charge is 0.230 e. The van der Waals surface area contributed by atoms with E-state index in [2.05, 4.69) is 11.4 Å². The predicted octanol–water partition coefficient (Wildman–Crippen LogP) is 4.79. The fourth-order valence-corrected chi connectivity index (χ4v) is 4.03. The second kappa shape index (κ2) is 7.70. The van der Waals surface area contributed by atoms with Gasteiger partial charge in [-0.25, -0.2) is 4.39 Å². The molecule has 1 heterocycles. The number of ether oxygens (including phenoxy) is 1. The topological polar surface area (TPSA) is 38.3 Å². The Morgan fingerprint density at radius 1 is 1.31 bits per heavy atom. The summed E-state index contributed by atoms with van der Waals surface area (Å²) >= 11 is 1.42. The third-order valence-corrected chi connectivity index (χ3v) is 5.39. The van der Waals surface area contributed by atoms with Crippen molar-refractivity contribution in [1.29, 1.82) is 0 Å². The Balaban J connectivity index is 1.62. The van der Waals surface area contributed by atoms with Gasteiger partial charge in [0.2, 0.25) is 5.91 Å². The van der Waals surface area contributed by atoms with Crippen LogP contribution in [-0.2, 0) is 10.5 Å². The lowest BCUT2D eigenvalue weighted by atomic mass is 9.89. The lowest BCUT2D eigenvalue weighted by Gasteiger charge is -2.38. The maximum Gasteiger partial charge on any atom is 0.230 e. The molecular formula is C21H24FNO2S. The summed E-state index contributed by atoms with van der Waals surface area (Å²) in [5.41, 5.74) is 2.45. The Bertz CT molecular complexity index is 806. The molecule has 1 N–H and O–H groups in total. The van der Waals surface area contributed by atoms with E-state index in [1.54, 1.807) is 12.1 Å². The third-order valence-electron chi connectivity index (χ3n) is 4.41. The summed E-state index contributed by atoms with van der Waals surface area (Å²) in [6, 6.07) is 12.7. The minimum Gasteiger partial charge on any atom is -0.487 e. The molecular weight excluding hydrogens is 349 g/mol. The standard InChI is InChI=1S/C21H24FNO2S/c1-14-8-9-19-16(10-14)18(11-21(2,3)25-19)23-20(24)13-26-12-15-6-4-5-7-17(15)22/h4-10,18H,11-13H2,1-3H3,(H,23,24). The molecule has 138 valence electrons. The quantitative estimate of drug-likeness (QED) is 0.819. The van der Waals surface area contributed by atoms with Gasteiger partial charge in [-0.2, -0.15) is 0 Å². The van der Waals surface area contributed by atoms with Gasteiger partial charge in [-0.15, -0.1) is 11.8 Å². The van der Waals surface area contributed by atoms with Crippen molar-refractivity contribution in [3.63, 3.8) is 0 Å². The fraction of sp³-hybridized carbons (Fsp3) is 0.381. The summed E-state index contributed by atoms with van der Waals surface area (Å²) in [6.45, 7) is 6.09. The number of aryl methyl sites for hydroxylation is 1. The van der Waals surface area contributed by atoms with E-state index in [4.69, 9.17) is 4.74 Å². The van der Waals surface area contributed by atoms with E-state index in [0.717, 1.165) is 16.9 Å². The molecule has 2 aromatic rings. The molecule has 1 aliphatic heterocycles. The van der Waals surface area contributed by atoms with Gasteiger partial charge in [0.05, 0.1) is 11.8 Å². The Morgan fingerprint density at radius 3 is 2.85 bits per heavy atom. The van der Waals surface area contributed by atoms with Crippen LogP contribution in [0.25, 0.3) is 0 Å². The molecule has 0 radical (unpaired) electrons. The largest absolute Gasteiger partial charge is 0.487 e. The Labute approximate surface area is 158 Å². The molecule has 1 amide bonds. The van der Waals surface area contributed by atoms with E-state index < -0.39 is 0 Å². The summed E-state index contributed by atoms with van der Waals surface area (Å²) in [4.78, 5) is 12.4. The van der Waals surface area contributed by atoms with Crippen LogP contribution in [0.5, 0.6) is 5.75 Å². The highest BCUT2D eigenvalue weighted by molar-refractivity contribution is 7.99. The Kier molecular flexibility index (Phi) is 5.56. The molecule has 0 aliphatic carbocycles. The maximum absolute atomic E-state index is 13.6. The predicted molar refractivity (Wildman–Crippen MR) is 104 cm³/mol. The van der Waals surface area contributed by atoms with Crippen LogP contribution in [0.2, 0.25) is 0 Å². The first-order valence-electron chi connectivity index (χ1n) is 8.74. The van der Waals surface area contributed by atoms with Crippen LogP contribution in [-0.4, -0.2) is 17.3 Å². The molecule has 3 nitrogen and oxygen atoms in total. The van der Waals surface area contributed by atoms with E-state index >= 15 is 0 Å².